The first-order chi connectivity index (χ1) is 4.64. The minimum atomic E-state index is -2.49. The van der Waals surface area contributed by atoms with Crippen LogP contribution in [0.25, 0.3) is 0 Å². The van der Waals surface area contributed by atoms with Crippen molar-refractivity contribution in [2.75, 3.05) is 6.54 Å². The van der Waals surface area contributed by atoms with Crippen LogP contribution < -0.4 is 5.73 Å². The first-order valence-corrected chi connectivity index (χ1v) is 3.72. The standard InChI is InChI=1S/C7H13F2N/c8-7(9,3-4-10)5-6-1-2-6/h6H,1-5,10H2. The molecule has 60 valence electrons. The van der Waals surface area contributed by atoms with Crippen LogP contribution in [0.5, 0.6) is 0 Å². The van der Waals surface area contributed by atoms with Crippen molar-refractivity contribution in [1.29, 1.82) is 0 Å². The number of alkyl halides is 2. The molecule has 0 heterocycles. The molecule has 0 aliphatic heterocycles. The number of nitrogens with two attached hydrogens (primary N) is 1. The van der Waals surface area contributed by atoms with Crippen LogP contribution in [-0.4, -0.2) is 12.5 Å². The van der Waals surface area contributed by atoms with Crippen LogP contribution in [0.3, 0.4) is 0 Å². The normalized spacial score (nSPS) is 19.5. The lowest BCUT2D eigenvalue weighted by Crippen LogP contribution is -2.21. The van der Waals surface area contributed by atoms with Crippen LogP contribution >= 0.6 is 0 Å². The molecule has 0 bridgehead atoms. The van der Waals surface area contributed by atoms with E-state index in [1.807, 2.05) is 0 Å². The van der Waals surface area contributed by atoms with Crippen LogP contribution in [0.1, 0.15) is 25.7 Å². The van der Waals surface area contributed by atoms with E-state index in [1.165, 1.54) is 0 Å². The average molecular weight is 149 g/mol. The third kappa shape index (κ3) is 2.60. The number of hydrogen-bond acceptors (Lipinski definition) is 1. The molecule has 1 saturated carbocycles. The molecule has 2 N–H and O–H groups in total. The molecule has 0 radical (unpaired) electrons. The summed E-state index contributed by atoms with van der Waals surface area (Å²) in [5.41, 5.74) is 5.03. The molecule has 1 aliphatic rings. The van der Waals surface area contributed by atoms with Gasteiger partial charge in [0.15, 0.2) is 0 Å². The van der Waals surface area contributed by atoms with Gasteiger partial charge in [-0.25, -0.2) is 8.78 Å². The molecule has 0 atom stereocenters. The summed E-state index contributed by atoms with van der Waals surface area (Å²) in [6.07, 6.45) is 1.88. The summed E-state index contributed by atoms with van der Waals surface area (Å²) < 4.78 is 25.3. The van der Waals surface area contributed by atoms with Gasteiger partial charge < -0.3 is 5.73 Å². The highest BCUT2D eigenvalue weighted by atomic mass is 19.3. The van der Waals surface area contributed by atoms with E-state index in [0.717, 1.165) is 12.8 Å². The van der Waals surface area contributed by atoms with E-state index in [-0.39, 0.29) is 19.4 Å². The summed E-state index contributed by atoms with van der Waals surface area (Å²) in [5, 5.41) is 0. The van der Waals surface area contributed by atoms with Crippen LogP contribution in [0.4, 0.5) is 8.78 Å². The van der Waals surface area contributed by atoms with Crippen LogP contribution in [0, 0.1) is 5.92 Å². The lowest BCUT2D eigenvalue weighted by atomic mass is 10.1. The summed E-state index contributed by atoms with van der Waals surface area (Å²) in [5.74, 6) is -2.20. The van der Waals surface area contributed by atoms with Crippen molar-refractivity contribution in [2.45, 2.75) is 31.6 Å². The van der Waals surface area contributed by atoms with Crippen molar-refractivity contribution in [2.24, 2.45) is 11.7 Å². The predicted molar refractivity (Wildman–Crippen MR) is 36.0 cm³/mol. The third-order valence-corrected chi connectivity index (χ3v) is 1.79. The van der Waals surface area contributed by atoms with E-state index in [9.17, 15) is 8.78 Å². The zero-order valence-corrected chi connectivity index (χ0v) is 5.95. The Labute approximate surface area is 59.6 Å². The van der Waals surface area contributed by atoms with Crippen molar-refractivity contribution >= 4 is 0 Å². The van der Waals surface area contributed by atoms with E-state index in [4.69, 9.17) is 5.73 Å². The Hall–Kier alpha value is -0.180. The molecular weight excluding hydrogens is 136 g/mol. The van der Waals surface area contributed by atoms with E-state index in [0.29, 0.717) is 5.92 Å². The molecular formula is C7H13F2N. The van der Waals surface area contributed by atoms with E-state index >= 15 is 0 Å². The van der Waals surface area contributed by atoms with Crippen LogP contribution in [0.15, 0.2) is 0 Å². The Bertz CT molecular complexity index is 110. The summed E-state index contributed by atoms with van der Waals surface area (Å²) in [6.45, 7) is 0.0969. The molecule has 1 rings (SSSR count). The van der Waals surface area contributed by atoms with Gasteiger partial charge in [0, 0.05) is 12.8 Å². The monoisotopic (exact) mass is 149 g/mol. The van der Waals surface area contributed by atoms with Crippen molar-refractivity contribution in [3.05, 3.63) is 0 Å². The topological polar surface area (TPSA) is 26.0 Å². The van der Waals surface area contributed by atoms with Gasteiger partial charge in [-0.05, 0) is 25.3 Å². The Kier molecular flexibility index (Phi) is 2.24. The molecule has 0 amide bonds. The SMILES string of the molecule is NCCC(F)(F)CC1CC1. The largest absolute Gasteiger partial charge is 0.330 e. The second-order valence-corrected chi connectivity index (χ2v) is 3.04. The van der Waals surface area contributed by atoms with Gasteiger partial charge in [-0.3, -0.25) is 0 Å². The average Bonchev–Trinajstić information content (AvgIpc) is 2.48. The second-order valence-electron chi connectivity index (χ2n) is 3.04. The minimum Gasteiger partial charge on any atom is -0.330 e. The van der Waals surface area contributed by atoms with Crippen molar-refractivity contribution in [3.63, 3.8) is 0 Å². The summed E-state index contributed by atoms with van der Waals surface area (Å²) in [7, 11) is 0. The zero-order valence-electron chi connectivity index (χ0n) is 5.95. The molecule has 10 heavy (non-hydrogen) atoms. The molecule has 0 unspecified atom stereocenters. The van der Waals surface area contributed by atoms with E-state index in [2.05, 4.69) is 0 Å². The molecule has 0 aromatic carbocycles. The quantitative estimate of drug-likeness (QED) is 0.647. The molecule has 1 fully saturated rings. The fraction of sp³-hybridized carbons (Fsp3) is 1.00. The van der Waals surface area contributed by atoms with Gasteiger partial charge in [-0.1, -0.05) is 0 Å². The second kappa shape index (κ2) is 2.82. The molecule has 1 nitrogen and oxygen atoms in total. The smallest absolute Gasteiger partial charge is 0.249 e. The Morgan fingerprint density at radius 1 is 1.40 bits per heavy atom. The fourth-order valence-corrected chi connectivity index (χ4v) is 1.06. The highest BCUT2D eigenvalue weighted by Crippen LogP contribution is 2.39. The number of rotatable bonds is 4. The molecule has 1 aliphatic carbocycles. The first-order valence-electron chi connectivity index (χ1n) is 3.72. The Morgan fingerprint density at radius 3 is 2.40 bits per heavy atom. The first kappa shape index (κ1) is 7.92. The summed E-state index contributed by atoms with van der Waals surface area (Å²) in [4.78, 5) is 0. The van der Waals surface area contributed by atoms with Crippen LogP contribution in [0.2, 0.25) is 0 Å². The third-order valence-electron chi connectivity index (χ3n) is 1.79. The van der Waals surface area contributed by atoms with Gasteiger partial charge in [0.1, 0.15) is 0 Å². The van der Waals surface area contributed by atoms with Gasteiger partial charge in [-0.2, -0.15) is 0 Å². The van der Waals surface area contributed by atoms with Gasteiger partial charge in [0.05, 0.1) is 0 Å². The number of hydrogen-bond donors (Lipinski definition) is 1. The Balaban J connectivity index is 2.19. The lowest BCUT2D eigenvalue weighted by molar-refractivity contribution is -0.0188. The fourth-order valence-electron chi connectivity index (χ4n) is 1.06. The highest BCUT2D eigenvalue weighted by Gasteiger charge is 2.36. The maximum Gasteiger partial charge on any atom is 0.249 e. The lowest BCUT2D eigenvalue weighted by Gasteiger charge is -2.13. The molecule has 0 aromatic rings. The molecule has 3 heteroatoms. The number of halogens is 2. The van der Waals surface area contributed by atoms with Gasteiger partial charge >= 0.3 is 0 Å². The molecule has 0 saturated heterocycles. The summed E-state index contributed by atoms with van der Waals surface area (Å²) in [6, 6.07) is 0. The van der Waals surface area contributed by atoms with Gasteiger partial charge in [0.2, 0.25) is 5.92 Å². The van der Waals surface area contributed by atoms with E-state index in [1.54, 1.807) is 0 Å². The van der Waals surface area contributed by atoms with Crippen molar-refractivity contribution < 1.29 is 8.78 Å². The van der Waals surface area contributed by atoms with Crippen molar-refractivity contribution in [1.82, 2.24) is 0 Å². The van der Waals surface area contributed by atoms with Gasteiger partial charge in [-0.15, -0.1) is 0 Å². The minimum absolute atomic E-state index is 0.0597. The van der Waals surface area contributed by atoms with Crippen molar-refractivity contribution in [3.8, 4) is 0 Å². The molecule has 0 spiro atoms. The summed E-state index contributed by atoms with van der Waals surface area (Å²) >= 11 is 0. The maximum atomic E-state index is 12.6. The zero-order chi connectivity index (χ0) is 7.61. The highest BCUT2D eigenvalue weighted by molar-refractivity contribution is 4.80. The van der Waals surface area contributed by atoms with Crippen LogP contribution in [-0.2, 0) is 0 Å². The van der Waals surface area contributed by atoms with E-state index < -0.39 is 5.92 Å². The predicted octanol–water partition coefficient (Wildman–Crippen LogP) is 1.77. The Morgan fingerprint density at radius 2 is 2.00 bits per heavy atom. The maximum absolute atomic E-state index is 12.6. The van der Waals surface area contributed by atoms with Gasteiger partial charge in [0.25, 0.3) is 0 Å². The molecule has 0 aromatic heterocycles.